The van der Waals surface area contributed by atoms with Crippen molar-refractivity contribution >= 4 is 21.4 Å². The van der Waals surface area contributed by atoms with E-state index in [9.17, 15) is 4.39 Å². The number of nitrogens with two attached hydrogens (primary N) is 1. The Morgan fingerprint density at radius 1 is 1.50 bits per heavy atom. The highest BCUT2D eigenvalue weighted by atomic mass is 32.1. The van der Waals surface area contributed by atoms with Gasteiger partial charge >= 0.3 is 0 Å². The summed E-state index contributed by atoms with van der Waals surface area (Å²) in [6.07, 6.45) is 0. The first-order valence-electron chi connectivity index (χ1n) is 4.21. The average Bonchev–Trinajstić information content (AvgIpc) is 2.54. The molecule has 4 heteroatoms. The second-order valence-electron chi connectivity index (χ2n) is 2.90. The highest BCUT2D eigenvalue weighted by Crippen LogP contribution is 2.37. The summed E-state index contributed by atoms with van der Waals surface area (Å²) < 4.78 is 19.2. The zero-order valence-corrected chi connectivity index (χ0v) is 8.53. The van der Waals surface area contributed by atoms with E-state index in [1.807, 2.05) is 0 Å². The van der Waals surface area contributed by atoms with Crippen molar-refractivity contribution in [3.05, 3.63) is 28.9 Å². The fourth-order valence-corrected chi connectivity index (χ4v) is 2.49. The summed E-state index contributed by atoms with van der Waals surface area (Å²) in [5.74, 6) is 0.448. The fourth-order valence-electron chi connectivity index (χ4n) is 1.46. The van der Waals surface area contributed by atoms with E-state index in [1.54, 1.807) is 24.5 Å². The maximum absolute atomic E-state index is 13.0. The Kier molecular flexibility index (Phi) is 2.39. The van der Waals surface area contributed by atoms with Gasteiger partial charge in [0, 0.05) is 16.6 Å². The molecule has 2 rings (SSSR count). The van der Waals surface area contributed by atoms with Crippen LogP contribution in [0.5, 0.6) is 5.75 Å². The van der Waals surface area contributed by atoms with E-state index in [2.05, 4.69) is 0 Å². The van der Waals surface area contributed by atoms with Gasteiger partial charge in [-0.1, -0.05) is 0 Å². The van der Waals surface area contributed by atoms with Gasteiger partial charge in [0.05, 0.1) is 12.0 Å². The minimum Gasteiger partial charge on any atom is -0.495 e. The molecule has 2 N–H and O–H groups in total. The van der Waals surface area contributed by atoms with Crippen LogP contribution < -0.4 is 10.5 Å². The van der Waals surface area contributed by atoms with Crippen molar-refractivity contribution in [2.45, 2.75) is 6.54 Å². The van der Waals surface area contributed by atoms with Gasteiger partial charge in [0.25, 0.3) is 0 Å². The molecule has 0 unspecified atom stereocenters. The molecule has 0 saturated carbocycles. The molecule has 0 aliphatic rings. The second kappa shape index (κ2) is 3.55. The van der Waals surface area contributed by atoms with Crippen LogP contribution in [0.1, 0.15) is 4.88 Å². The minimum absolute atomic E-state index is 0.253. The number of ether oxygens (including phenoxy) is 1. The zero-order valence-electron chi connectivity index (χ0n) is 7.71. The molecule has 1 aromatic carbocycles. The molecular weight excluding hydrogens is 201 g/mol. The molecule has 0 radical (unpaired) electrons. The summed E-state index contributed by atoms with van der Waals surface area (Å²) in [4.78, 5) is 0.952. The third-order valence-corrected chi connectivity index (χ3v) is 3.24. The van der Waals surface area contributed by atoms with Gasteiger partial charge in [0.1, 0.15) is 11.6 Å². The standard InChI is InChI=1S/C10H10FNOS/c1-13-10-7-4-6(11)2-3-8(7)14-9(10)5-12/h2-4H,5,12H2,1H3. The molecule has 14 heavy (non-hydrogen) atoms. The van der Waals surface area contributed by atoms with E-state index in [0.29, 0.717) is 12.3 Å². The summed E-state index contributed by atoms with van der Waals surface area (Å²) in [5.41, 5.74) is 5.56. The van der Waals surface area contributed by atoms with Crippen molar-refractivity contribution in [3.8, 4) is 5.75 Å². The zero-order chi connectivity index (χ0) is 10.1. The smallest absolute Gasteiger partial charge is 0.142 e. The predicted molar refractivity (Wildman–Crippen MR) is 56.2 cm³/mol. The highest BCUT2D eigenvalue weighted by molar-refractivity contribution is 7.19. The monoisotopic (exact) mass is 211 g/mol. The van der Waals surface area contributed by atoms with Crippen LogP contribution >= 0.6 is 11.3 Å². The van der Waals surface area contributed by atoms with Gasteiger partial charge < -0.3 is 10.5 Å². The molecule has 1 heterocycles. The van der Waals surface area contributed by atoms with Crippen LogP contribution in [0, 0.1) is 5.82 Å². The molecule has 1 aromatic heterocycles. The lowest BCUT2D eigenvalue weighted by atomic mass is 10.2. The van der Waals surface area contributed by atoms with Crippen LogP contribution in [0.4, 0.5) is 4.39 Å². The molecule has 2 aromatic rings. The number of benzene rings is 1. The van der Waals surface area contributed by atoms with Crippen LogP contribution in [0.15, 0.2) is 18.2 Å². The molecule has 0 amide bonds. The topological polar surface area (TPSA) is 35.2 Å². The highest BCUT2D eigenvalue weighted by Gasteiger charge is 2.11. The molecule has 0 fully saturated rings. The number of fused-ring (bicyclic) bond motifs is 1. The van der Waals surface area contributed by atoms with Gasteiger partial charge in [-0.2, -0.15) is 0 Å². The fraction of sp³-hybridized carbons (Fsp3) is 0.200. The number of rotatable bonds is 2. The molecule has 0 aliphatic heterocycles. The van der Waals surface area contributed by atoms with Crippen molar-refractivity contribution in [2.24, 2.45) is 5.73 Å². The first-order valence-corrected chi connectivity index (χ1v) is 5.03. The minimum atomic E-state index is -0.253. The first-order chi connectivity index (χ1) is 6.76. The van der Waals surface area contributed by atoms with Gasteiger partial charge in [-0.25, -0.2) is 4.39 Å². The molecule has 0 saturated heterocycles. The second-order valence-corrected chi connectivity index (χ2v) is 4.04. The van der Waals surface area contributed by atoms with Crippen LogP contribution in [0.25, 0.3) is 10.1 Å². The van der Waals surface area contributed by atoms with Crippen LogP contribution in [0.2, 0.25) is 0 Å². The summed E-state index contributed by atoms with van der Waals surface area (Å²) in [7, 11) is 1.57. The van der Waals surface area contributed by atoms with Crippen LogP contribution in [0.3, 0.4) is 0 Å². The van der Waals surface area contributed by atoms with E-state index in [4.69, 9.17) is 10.5 Å². The lowest BCUT2D eigenvalue weighted by Crippen LogP contribution is -1.95. The Labute approximate surface area is 85.1 Å². The maximum Gasteiger partial charge on any atom is 0.142 e. The number of hydrogen-bond donors (Lipinski definition) is 1. The van der Waals surface area contributed by atoms with E-state index < -0.39 is 0 Å². The Bertz CT molecular complexity index is 466. The lowest BCUT2D eigenvalue weighted by molar-refractivity contribution is 0.417. The Balaban J connectivity index is 2.74. The van der Waals surface area contributed by atoms with Gasteiger partial charge in [-0.05, 0) is 18.2 Å². The van der Waals surface area contributed by atoms with E-state index >= 15 is 0 Å². The maximum atomic E-state index is 13.0. The molecule has 2 nitrogen and oxygen atoms in total. The molecule has 74 valence electrons. The van der Waals surface area contributed by atoms with Gasteiger partial charge in [-0.15, -0.1) is 11.3 Å². The molecule has 0 spiro atoms. The SMILES string of the molecule is COc1c(CN)sc2ccc(F)cc12. The summed E-state index contributed by atoms with van der Waals surface area (Å²) in [6.45, 7) is 0.421. The molecule has 0 atom stereocenters. The largest absolute Gasteiger partial charge is 0.495 e. The van der Waals surface area contributed by atoms with Crippen molar-refractivity contribution in [1.29, 1.82) is 0 Å². The van der Waals surface area contributed by atoms with E-state index in [0.717, 1.165) is 15.0 Å². The molecule has 0 aliphatic carbocycles. The van der Waals surface area contributed by atoms with E-state index in [1.165, 1.54) is 12.1 Å². The number of methoxy groups -OCH3 is 1. The van der Waals surface area contributed by atoms with Crippen molar-refractivity contribution in [2.75, 3.05) is 7.11 Å². The van der Waals surface area contributed by atoms with Crippen molar-refractivity contribution in [1.82, 2.24) is 0 Å². The summed E-state index contributed by atoms with van der Waals surface area (Å²) >= 11 is 1.54. The van der Waals surface area contributed by atoms with Crippen LogP contribution in [-0.2, 0) is 6.54 Å². The van der Waals surface area contributed by atoms with Crippen molar-refractivity contribution < 1.29 is 9.13 Å². The quantitative estimate of drug-likeness (QED) is 0.828. The lowest BCUT2D eigenvalue weighted by Gasteiger charge is -1.99. The normalized spacial score (nSPS) is 10.8. The Hall–Kier alpha value is -1.13. The van der Waals surface area contributed by atoms with Gasteiger partial charge in [0.15, 0.2) is 0 Å². The first kappa shape index (κ1) is 9.43. The number of thiophene rings is 1. The third-order valence-electron chi connectivity index (χ3n) is 2.06. The average molecular weight is 211 g/mol. The number of halogens is 1. The molecular formula is C10H10FNOS. The Morgan fingerprint density at radius 3 is 2.93 bits per heavy atom. The van der Waals surface area contributed by atoms with Gasteiger partial charge in [-0.3, -0.25) is 0 Å². The Morgan fingerprint density at radius 2 is 2.29 bits per heavy atom. The molecule has 0 bridgehead atoms. The van der Waals surface area contributed by atoms with Gasteiger partial charge in [0.2, 0.25) is 0 Å². The third kappa shape index (κ3) is 1.36. The summed E-state index contributed by atoms with van der Waals surface area (Å²) in [6, 6.07) is 4.67. The van der Waals surface area contributed by atoms with E-state index in [-0.39, 0.29) is 5.82 Å². The van der Waals surface area contributed by atoms with Crippen LogP contribution in [-0.4, -0.2) is 7.11 Å². The number of hydrogen-bond acceptors (Lipinski definition) is 3. The van der Waals surface area contributed by atoms with Crippen molar-refractivity contribution in [3.63, 3.8) is 0 Å². The predicted octanol–water partition coefficient (Wildman–Crippen LogP) is 2.51. The summed E-state index contributed by atoms with van der Waals surface area (Å²) in [5, 5.41) is 0.804.